The maximum atomic E-state index is 11.8. The van der Waals surface area contributed by atoms with Gasteiger partial charge in [-0.05, 0) is 19.3 Å². The van der Waals surface area contributed by atoms with E-state index < -0.39 is 60.3 Å². The lowest BCUT2D eigenvalue weighted by Crippen LogP contribution is -2.61. The van der Waals surface area contributed by atoms with E-state index in [1.807, 2.05) is 0 Å². The second-order valence-electron chi connectivity index (χ2n) is 8.32. The molecule has 3 fully saturated rings. The molecule has 0 amide bonds. The third-order valence-electron chi connectivity index (χ3n) is 5.82. The standard InChI is InChI=1S/C22H32O9/c1-5-9-16-18(28-15(4)25)20-21(31-22(30-20)10-7-6-8-11-22)19(29-16)17(27-14(3)24)12-26-13(2)23/h5,16-21H,1,6-12H2,2-4H3/t16-,17+,18-,19-,20-,21?/m0/s1. The minimum Gasteiger partial charge on any atom is -0.462 e. The van der Waals surface area contributed by atoms with Gasteiger partial charge in [0.1, 0.15) is 31.0 Å². The van der Waals surface area contributed by atoms with E-state index in [1.54, 1.807) is 6.08 Å². The zero-order valence-electron chi connectivity index (χ0n) is 18.4. The van der Waals surface area contributed by atoms with Crippen molar-refractivity contribution in [3.63, 3.8) is 0 Å². The number of carbonyl (C=O) groups is 3. The molecule has 0 bridgehead atoms. The summed E-state index contributed by atoms with van der Waals surface area (Å²) >= 11 is 0. The number of ether oxygens (including phenoxy) is 6. The van der Waals surface area contributed by atoms with Crippen LogP contribution >= 0.6 is 0 Å². The second kappa shape index (κ2) is 10.1. The molecule has 1 spiro atoms. The van der Waals surface area contributed by atoms with Crippen LogP contribution < -0.4 is 0 Å². The number of hydrogen-bond acceptors (Lipinski definition) is 9. The van der Waals surface area contributed by atoms with Crippen LogP contribution in [0.2, 0.25) is 0 Å². The van der Waals surface area contributed by atoms with Crippen LogP contribution in [0.25, 0.3) is 0 Å². The summed E-state index contributed by atoms with van der Waals surface area (Å²) in [6.07, 6.45) is 2.26. The van der Waals surface area contributed by atoms with Crippen molar-refractivity contribution >= 4 is 17.9 Å². The van der Waals surface area contributed by atoms with Gasteiger partial charge in [-0.2, -0.15) is 0 Å². The molecule has 2 saturated heterocycles. The van der Waals surface area contributed by atoms with E-state index >= 15 is 0 Å². The summed E-state index contributed by atoms with van der Waals surface area (Å²) in [7, 11) is 0. The summed E-state index contributed by atoms with van der Waals surface area (Å²) < 4.78 is 35.3. The molecule has 1 unspecified atom stereocenters. The highest BCUT2D eigenvalue weighted by Gasteiger charge is 2.60. The first-order valence-electron chi connectivity index (χ1n) is 10.8. The molecule has 0 radical (unpaired) electrons. The Bertz CT molecular complexity index is 684. The summed E-state index contributed by atoms with van der Waals surface area (Å²) in [5, 5.41) is 0. The minimum absolute atomic E-state index is 0.182. The maximum absolute atomic E-state index is 11.8. The first kappa shape index (κ1) is 23.7. The molecule has 0 aromatic carbocycles. The predicted octanol–water partition coefficient (Wildman–Crippen LogP) is 2.20. The maximum Gasteiger partial charge on any atom is 0.303 e. The summed E-state index contributed by atoms with van der Waals surface area (Å²) in [6.45, 7) is 7.47. The summed E-state index contributed by atoms with van der Waals surface area (Å²) in [5.41, 5.74) is 0. The van der Waals surface area contributed by atoms with Gasteiger partial charge in [0.15, 0.2) is 18.0 Å². The molecule has 2 aliphatic heterocycles. The Morgan fingerprint density at radius 1 is 1.03 bits per heavy atom. The van der Waals surface area contributed by atoms with Crippen LogP contribution in [0, 0.1) is 0 Å². The summed E-state index contributed by atoms with van der Waals surface area (Å²) in [4.78, 5) is 35.0. The molecular weight excluding hydrogens is 408 g/mol. The SMILES string of the molecule is C=CC[C@@H]1O[C@@H]([C@@H](COC(C)=O)OC(C)=O)C2OC3(CCCCC3)O[C@H]2[C@H]1OC(C)=O. The molecule has 0 aromatic heterocycles. The number of hydrogen-bond donors (Lipinski definition) is 0. The first-order chi connectivity index (χ1) is 14.7. The number of fused-ring (bicyclic) bond motifs is 1. The summed E-state index contributed by atoms with van der Waals surface area (Å²) in [5.74, 6) is -2.29. The van der Waals surface area contributed by atoms with Gasteiger partial charge in [-0.25, -0.2) is 0 Å². The molecule has 0 aromatic rings. The van der Waals surface area contributed by atoms with E-state index in [9.17, 15) is 14.4 Å². The van der Waals surface area contributed by atoms with Crippen LogP contribution in [-0.4, -0.2) is 66.9 Å². The van der Waals surface area contributed by atoms with Gasteiger partial charge in [0.25, 0.3) is 0 Å². The van der Waals surface area contributed by atoms with Gasteiger partial charge in [-0.15, -0.1) is 6.58 Å². The van der Waals surface area contributed by atoms with Crippen molar-refractivity contribution in [2.75, 3.05) is 6.61 Å². The molecule has 1 saturated carbocycles. The predicted molar refractivity (Wildman–Crippen MR) is 107 cm³/mol. The van der Waals surface area contributed by atoms with Gasteiger partial charge in [0.2, 0.25) is 0 Å². The Hall–Kier alpha value is -1.97. The zero-order valence-corrected chi connectivity index (χ0v) is 18.4. The van der Waals surface area contributed by atoms with Crippen molar-refractivity contribution in [3.05, 3.63) is 12.7 Å². The van der Waals surface area contributed by atoms with Crippen LogP contribution in [0.4, 0.5) is 0 Å². The Kier molecular flexibility index (Phi) is 7.72. The fraction of sp³-hybridized carbons (Fsp3) is 0.773. The third-order valence-corrected chi connectivity index (χ3v) is 5.82. The summed E-state index contributed by atoms with van der Waals surface area (Å²) in [6, 6.07) is 0. The highest BCUT2D eigenvalue weighted by Crippen LogP contribution is 2.46. The van der Waals surface area contributed by atoms with E-state index in [1.165, 1.54) is 20.8 Å². The monoisotopic (exact) mass is 440 g/mol. The smallest absolute Gasteiger partial charge is 0.303 e. The fourth-order valence-electron chi connectivity index (χ4n) is 4.66. The van der Waals surface area contributed by atoms with Gasteiger partial charge in [-0.3, -0.25) is 14.4 Å². The van der Waals surface area contributed by atoms with Gasteiger partial charge in [0.05, 0.1) is 0 Å². The van der Waals surface area contributed by atoms with Crippen LogP contribution in [-0.2, 0) is 42.8 Å². The molecule has 6 atom stereocenters. The average Bonchev–Trinajstić information content (AvgIpc) is 3.05. The molecule has 31 heavy (non-hydrogen) atoms. The lowest BCUT2D eigenvalue weighted by Gasteiger charge is -2.43. The fourth-order valence-corrected chi connectivity index (χ4v) is 4.66. The number of rotatable bonds is 7. The van der Waals surface area contributed by atoms with Crippen molar-refractivity contribution in [2.45, 2.75) is 102 Å². The molecule has 9 nitrogen and oxygen atoms in total. The molecule has 2 heterocycles. The van der Waals surface area contributed by atoms with Gasteiger partial charge < -0.3 is 28.4 Å². The lowest BCUT2D eigenvalue weighted by atomic mass is 9.90. The highest BCUT2D eigenvalue weighted by molar-refractivity contribution is 5.67. The molecule has 3 rings (SSSR count). The third kappa shape index (κ3) is 5.64. The lowest BCUT2D eigenvalue weighted by molar-refractivity contribution is -0.232. The quantitative estimate of drug-likeness (QED) is 0.334. The molecule has 3 aliphatic rings. The van der Waals surface area contributed by atoms with Crippen LogP contribution in [0.5, 0.6) is 0 Å². The van der Waals surface area contributed by atoms with E-state index in [2.05, 4.69) is 6.58 Å². The van der Waals surface area contributed by atoms with Gasteiger partial charge >= 0.3 is 17.9 Å². The van der Waals surface area contributed by atoms with Crippen LogP contribution in [0.3, 0.4) is 0 Å². The number of carbonyl (C=O) groups excluding carboxylic acids is 3. The molecular formula is C22H32O9. The van der Waals surface area contributed by atoms with Crippen LogP contribution in [0.1, 0.15) is 59.3 Å². The largest absolute Gasteiger partial charge is 0.462 e. The van der Waals surface area contributed by atoms with E-state index in [-0.39, 0.29) is 6.61 Å². The molecule has 174 valence electrons. The normalized spacial score (nSPS) is 32.5. The van der Waals surface area contributed by atoms with E-state index in [4.69, 9.17) is 28.4 Å². The van der Waals surface area contributed by atoms with Crippen molar-refractivity contribution in [2.24, 2.45) is 0 Å². The Morgan fingerprint density at radius 2 is 1.71 bits per heavy atom. The van der Waals surface area contributed by atoms with E-state index in [0.717, 1.165) is 19.3 Å². The Morgan fingerprint density at radius 3 is 2.29 bits per heavy atom. The van der Waals surface area contributed by atoms with Crippen LogP contribution in [0.15, 0.2) is 12.7 Å². The Labute approximate surface area is 182 Å². The van der Waals surface area contributed by atoms with Crippen molar-refractivity contribution in [1.29, 1.82) is 0 Å². The van der Waals surface area contributed by atoms with E-state index in [0.29, 0.717) is 19.3 Å². The van der Waals surface area contributed by atoms with Crippen molar-refractivity contribution < 1.29 is 42.8 Å². The molecule has 1 aliphatic carbocycles. The van der Waals surface area contributed by atoms with Gasteiger partial charge in [-0.1, -0.05) is 12.5 Å². The highest BCUT2D eigenvalue weighted by atomic mass is 16.8. The zero-order chi connectivity index (χ0) is 22.6. The first-order valence-corrected chi connectivity index (χ1v) is 10.8. The molecule has 9 heteroatoms. The minimum atomic E-state index is -0.901. The average molecular weight is 440 g/mol. The Balaban J connectivity index is 1.93. The van der Waals surface area contributed by atoms with Crippen molar-refractivity contribution in [3.8, 4) is 0 Å². The number of esters is 3. The van der Waals surface area contributed by atoms with Gasteiger partial charge in [0, 0.05) is 33.6 Å². The second-order valence-corrected chi connectivity index (χ2v) is 8.32. The molecule has 0 N–H and O–H groups in total. The van der Waals surface area contributed by atoms with Crippen molar-refractivity contribution in [1.82, 2.24) is 0 Å². The topological polar surface area (TPSA) is 107 Å².